The summed E-state index contributed by atoms with van der Waals surface area (Å²) in [5.74, 6) is -0.0720. The maximum Gasteiger partial charge on any atom is 0.144 e. The van der Waals surface area contributed by atoms with Gasteiger partial charge in [0.05, 0.1) is 16.4 Å². The van der Waals surface area contributed by atoms with Gasteiger partial charge in [-0.3, -0.25) is 10.4 Å². The molecule has 0 saturated carbocycles. The first-order valence-electron chi connectivity index (χ1n) is 4.18. The summed E-state index contributed by atoms with van der Waals surface area (Å²) in [5, 5.41) is 11.5. The topological polar surface area (TPSA) is 80.6 Å². The van der Waals surface area contributed by atoms with Gasteiger partial charge >= 0.3 is 0 Å². The minimum absolute atomic E-state index is 0.0720. The third-order valence-electron chi connectivity index (χ3n) is 1.84. The predicted octanol–water partition coefficient (Wildman–Crippen LogP) is 1.31. The van der Waals surface area contributed by atoms with Gasteiger partial charge < -0.3 is 5.73 Å². The Labute approximate surface area is 94.6 Å². The summed E-state index contributed by atoms with van der Waals surface area (Å²) in [7, 11) is 0. The number of nitrogens with zero attached hydrogens (tertiary/aromatic N) is 3. The molecule has 0 atom stereocenters. The second-order valence-electron chi connectivity index (χ2n) is 2.89. The number of amidine groups is 1. The molecule has 0 saturated heterocycles. The van der Waals surface area contributed by atoms with Crippen LogP contribution in [-0.4, -0.2) is 20.6 Å². The van der Waals surface area contributed by atoms with Crippen LogP contribution in [0.25, 0.3) is 5.69 Å². The number of hydrogen-bond acceptors (Lipinski definition) is 3. The molecule has 0 spiro atoms. The number of aromatic nitrogens is 3. The number of nitrogens with one attached hydrogen (secondary N) is 1. The SMILES string of the molecule is N=C(N)c1ncccc1-n1cc(Br)cn1. The van der Waals surface area contributed by atoms with Crippen molar-refractivity contribution in [3.63, 3.8) is 0 Å². The smallest absolute Gasteiger partial charge is 0.144 e. The summed E-state index contributed by atoms with van der Waals surface area (Å²) < 4.78 is 2.48. The van der Waals surface area contributed by atoms with E-state index in [0.717, 1.165) is 4.47 Å². The molecule has 15 heavy (non-hydrogen) atoms. The van der Waals surface area contributed by atoms with E-state index >= 15 is 0 Å². The van der Waals surface area contributed by atoms with Gasteiger partial charge in [-0.05, 0) is 28.1 Å². The van der Waals surface area contributed by atoms with Gasteiger partial charge in [0.2, 0.25) is 0 Å². The Morgan fingerprint density at radius 3 is 2.93 bits per heavy atom. The maximum absolute atomic E-state index is 7.39. The van der Waals surface area contributed by atoms with Crippen LogP contribution in [0, 0.1) is 5.41 Å². The molecule has 0 radical (unpaired) electrons. The number of pyridine rings is 1. The Bertz CT molecular complexity index is 505. The lowest BCUT2D eigenvalue weighted by Crippen LogP contribution is -2.16. The Morgan fingerprint density at radius 2 is 2.33 bits per heavy atom. The van der Waals surface area contributed by atoms with Crippen LogP contribution in [0.15, 0.2) is 35.2 Å². The second kappa shape index (κ2) is 3.82. The fraction of sp³-hybridized carbons (Fsp3) is 0. The molecule has 0 bridgehead atoms. The fourth-order valence-electron chi connectivity index (χ4n) is 1.22. The van der Waals surface area contributed by atoms with Crippen molar-refractivity contribution in [3.05, 3.63) is 40.9 Å². The van der Waals surface area contributed by atoms with E-state index < -0.39 is 0 Å². The first-order chi connectivity index (χ1) is 7.18. The van der Waals surface area contributed by atoms with Crippen LogP contribution in [0.2, 0.25) is 0 Å². The minimum Gasteiger partial charge on any atom is -0.382 e. The molecular weight excluding hydrogens is 258 g/mol. The molecule has 0 fully saturated rings. The largest absolute Gasteiger partial charge is 0.382 e. The zero-order chi connectivity index (χ0) is 10.8. The van der Waals surface area contributed by atoms with E-state index in [1.165, 1.54) is 0 Å². The Morgan fingerprint density at radius 1 is 1.53 bits per heavy atom. The molecular formula is C9H8BrN5. The molecule has 6 heteroatoms. The predicted molar refractivity (Wildman–Crippen MR) is 60.1 cm³/mol. The molecule has 0 aliphatic rings. The van der Waals surface area contributed by atoms with Gasteiger partial charge in [0.1, 0.15) is 11.5 Å². The molecule has 0 aromatic carbocycles. The molecule has 0 aliphatic carbocycles. The van der Waals surface area contributed by atoms with Gasteiger partial charge in [0.25, 0.3) is 0 Å². The zero-order valence-electron chi connectivity index (χ0n) is 7.68. The van der Waals surface area contributed by atoms with Crippen molar-refractivity contribution in [1.29, 1.82) is 5.41 Å². The molecule has 2 aromatic heterocycles. The van der Waals surface area contributed by atoms with Crippen LogP contribution in [0.3, 0.4) is 0 Å². The highest BCUT2D eigenvalue weighted by atomic mass is 79.9. The van der Waals surface area contributed by atoms with Crippen molar-refractivity contribution >= 4 is 21.8 Å². The molecule has 2 rings (SSSR count). The summed E-state index contributed by atoms with van der Waals surface area (Å²) in [5.41, 5.74) is 6.54. The lowest BCUT2D eigenvalue weighted by molar-refractivity contribution is 0.869. The summed E-state index contributed by atoms with van der Waals surface area (Å²) in [6.07, 6.45) is 5.04. The van der Waals surface area contributed by atoms with E-state index in [-0.39, 0.29) is 5.84 Å². The van der Waals surface area contributed by atoms with Crippen LogP contribution in [0.4, 0.5) is 0 Å². The lowest BCUT2D eigenvalue weighted by atomic mass is 10.3. The highest BCUT2D eigenvalue weighted by molar-refractivity contribution is 9.10. The summed E-state index contributed by atoms with van der Waals surface area (Å²) >= 11 is 3.30. The van der Waals surface area contributed by atoms with Crippen LogP contribution < -0.4 is 5.73 Å². The van der Waals surface area contributed by atoms with Gasteiger partial charge in [0, 0.05) is 12.4 Å². The van der Waals surface area contributed by atoms with Gasteiger partial charge in [-0.25, -0.2) is 4.68 Å². The zero-order valence-corrected chi connectivity index (χ0v) is 9.27. The van der Waals surface area contributed by atoms with E-state index in [2.05, 4.69) is 26.0 Å². The molecule has 76 valence electrons. The van der Waals surface area contributed by atoms with E-state index in [1.807, 2.05) is 6.07 Å². The first kappa shape index (κ1) is 9.85. The second-order valence-corrected chi connectivity index (χ2v) is 3.80. The van der Waals surface area contributed by atoms with Crippen molar-refractivity contribution in [1.82, 2.24) is 14.8 Å². The normalized spacial score (nSPS) is 10.2. The quantitative estimate of drug-likeness (QED) is 0.635. The van der Waals surface area contributed by atoms with Crippen LogP contribution in [0.5, 0.6) is 0 Å². The van der Waals surface area contributed by atoms with E-state index in [9.17, 15) is 0 Å². The minimum atomic E-state index is -0.0720. The van der Waals surface area contributed by atoms with Crippen LogP contribution in [-0.2, 0) is 0 Å². The molecule has 0 amide bonds. The van der Waals surface area contributed by atoms with Gasteiger partial charge in [-0.15, -0.1) is 0 Å². The van der Waals surface area contributed by atoms with Gasteiger partial charge in [-0.1, -0.05) is 0 Å². The average molecular weight is 266 g/mol. The van der Waals surface area contributed by atoms with Gasteiger partial charge in [0.15, 0.2) is 0 Å². The van der Waals surface area contributed by atoms with E-state index in [0.29, 0.717) is 11.4 Å². The summed E-state index contributed by atoms with van der Waals surface area (Å²) in [6, 6.07) is 3.58. The average Bonchev–Trinajstić information content (AvgIpc) is 2.65. The van der Waals surface area contributed by atoms with Crippen LogP contribution in [0.1, 0.15) is 5.69 Å². The van der Waals surface area contributed by atoms with Crippen LogP contribution >= 0.6 is 15.9 Å². The number of nitrogens with two attached hydrogens (primary N) is 1. The number of nitrogen functional groups attached to an aromatic ring is 1. The molecule has 2 aromatic rings. The summed E-state index contributed by atoms with van der Waals surface area (Å²) in [6.45, 7) is 0. The number of rotatable bonds is 2. The fourth-order valence-corrected chi connectivity index (χ4v) is 1.51. The molecule has 3 N–H and O–H groups in total. The molecule has 0 unspecified atom stereocenters. The molecule has 5 nitrogen and oxygen atoms in total. The van der Waals surface area contributed by atoms with Crippen molar-refractivity contribution in [2.75, 3.05) is 0 Å². The van der Waals surface area contributed by atoms with Crippen molar-refractivity contribution < 1.29 is 0 Å². The van der Waals surface area contributed by atoms with E-state index in [1.54, 1.807) is 29.3 Å². The number of halogens is 1. The first-order valence-corrected chi connectivity index (χ1v) is 4.98. The maximum atomic E-state index is 7.39. The highest BCUT2D eigenvalue weighted by Gasteiger charge is 2.08. The Balaban J connectivity index is 2.57. The van der Waals surface area contributed by atoms with Gasteiger partial charge in [-0.2, -0.15) is 5.10 Å². The third kappa shape index (κ3) is 1.89. The number of hydrogen-bond donors (Lipinski definition) is 2. The van der Waals surface area contributed by atoms with Crippen molar-refractivity contribution in [2.45, 2.75) is 0 Å². The van der Waals surface area contributed by atoms with Crippen molar-refractivity contribution in [2.24, 2.45) is 5.73 Å². The Hall–Kier alpha value is -1.69. The molecule has 2 heterocycles. The van der Waals surface area contributed by atoms with E-state index in [4.69, 9.17) is 11.1 Å². The summed E-state index contributed by atoms with van der Waals surface area (Å²) in [4.78, 5) is 4.04. The third-order valence-corrected chi connectivity index (χ3v) is 2.25. The Kier molecular flexibility index (Phi) is 2.51. The molecule has 0 aliphatic heterocycles. The monoisotopic (exact) mass is 265 g/mol. The highest BCUT2D eigenvalue weighted by Crippen LogP contribution is 2.14. The lowest BCUT2D eigenvalue weighted by Gasteiger charge is -2.05. The standard InChI is InChI=1S/C9H8BrN5/c10-6-4-14-15(5-6)7-2-1-3-13-8(7)9(11)12/h1-5H,(H3,11,12). The van der Waals surface area contributed by atoms with Crippen molar-refractivity contribution in [3.8, 4) is 5.69 Å².